The summed E-state index contributed by atoms with van der Waals surface area (Å²) >= 11 is 0. The third kappa shape index (κ3) is 4.88. The van der Waals surface area contributed by atoms with E-state index in [1.54, 1.807) is 6.07 Å². The molecule has 0 aliphatic carbocycles. The van der Waals surface area contributed by atoms with Gasteiger partial charge in [-0.05, 0) is 26.0 Å². The molecule has 1 aromatic rings. The largest absolute Gasteiger partial charge is 0.377 e. The van der Waals surface area contributed by atoms with Crippen LogP contribution in [0.15, 0.2) is 18.2 Å². The van der Waals surface area contributed by atoms with Gasteiger partial charge in [0.15, 0.2) is 11.6 Å². The van der Waals surface area contributed by atoms with Gasteiger partial charge >= 0.3 is 0 Å². The van der Waals surface area contributed by atoms with Crippen molar-refractivity contribution in [3.05, 3.63) is 35.4 Å². The first-order valence-electron chi connectivity index (χ1n) is 6.89. The Hall–Kier alpha value is -1.00. The molecule has 2 unspecified atom stereocenters. The average Bonchev–Trinajstić information content (AvgIpc) is 2.38. The molecule has 0 aromatic heterocycles. The fourth-order valence-electron chi connectivity index (χ4n) is 2.05. The van der Waals surface area contributed by atoms with Crippen LogP contribution in [0.1, 0.15) is 45.2 Å². The van der Waals surface area contributed by atoms with Crippen molar-refractivity contribution in [2.24, 2.45) is 0 Å². The van der Waals surface area contributed by atoms with E-state index in [1.807, 2.05) is 13.8 Å². The highest BCUT2D eigenvalue weighted by Crippen LogP contribution is 2.20. The number of nitrogens with one attached hydrogen (secondary N) is 1. The predicted molar refractivity (Wildman–Crippen MR) is 73.1 cm³/mol. The van der Waals surface area contributed by atoms with Crippen LogP contribution in [0.25, 0.3) is 0 Å². The van der Waals surface area contributed by atoms with Gasteiger partial charge in [0, 0.05) is 5.56 Å². The van der Waals surface area contributed by atoms with Crippen LogP contribution in [-0.4, -0.2) is 19.3 Å². The summed E-state index contributed by atoms with van der Waals surface area (Å²) in [6.45, 7) is 7.03. The lowest BCUT2D eigenvalue weighted by Gasteiger charge is -2.21. The van der Waals surface area contributed by atoms with Gasteiger partial charge in [0.2, 0.25) is 0 Å². The van der Waals surface area contributed by atoms with Gasteiger partial charge in [-0.1, -0.05) is 32.4 Å². The molecule has 0 heterocycles. The second kappa shape index (κ2) is 8.23. The quantitative estimate of drug-likeness (QED) is 0.776. The zero-order valence-corrected chi connectivity index (χ0v) is 11.9. The van der Waals surface area contributed by atoms with Gasteiger partial charge in [0.25, 0.3) is 0 Å². The molecule has 0 spiro atoms. The highest BCUT2D eigenvalue weighted by Gasteiger charge is 2.18. The molecule has 0 aliphatic rings. The first-order chi connectivity index (χ1) is 9.10. The van der Waals surface area contributed by atoms with Crippen LogP contribution in [0.5, 0.6) is 0 Å². The van der Waals surface area contributed by atoms with Crippen LogP contribution in [0.3, 0.4) is 0 Å². The number of halogens is 2. The summed E-state index contributed by atoms with van der Waals surface area (Å²) in [6.07, 6.45) is 2.13. The molecule has 0 radical (unpaired) electrons. The summed E-state index contributed by atoms with van der Waals surface area (Å²) in [5, 5.41) is 3.13. The molecule has 2 nitrogen and oxygen atoms in total. The molecular formula is C15H23F2NO. The third-order valence-corrected chi connectivity index (χ3v) is 3.05. The summed E-state index contributed by atoms with van der Waals surface area (Å²) < 4.78 is 32.7. The van der Waals surface area contributed by atoms with Gasteiger partial charge in [-0.3, -0.25) is 0 Å². The molecule has 0 saturated carbocycles. The molecule has 4 heteroatoms. The summed E-state index contributed by atoms with van der Waals surface area (Å²) in [6, 6.07) is 3.93. The van der Waals surface area contributed by atoms with E-state index in [-0.39, 0.29) is 12.1 Å². The minimum atomic E-state index is -0.818. The molecule has 0 fully saturated rings. The van der Waals surface area contributed by atoms with Gasteiger partial charge in [0.1, 0.15) is 0 Å². The number of ether oxygens (including phenoxy) is 1. The minimum Gasteiger partial charge on any atom is -0.377 e. The van der Waals surface area contributed by atoms with E-state index < -0.39 is 11.6 Å². The van der Waals surface area contributed by atoms with E-state index in [0.717, 1.165) is 18.9 Å². The normalized spacial score (nSPS) is 14.4. The molecule has 19 heavy (non-hydrogen) atoms. The highest BCUT2D eigenvalue weighted by atomic mass is 19.2. The van der Waals surface area contributed by atoms with Crippen LogP contribution in [0, 0.1) is 11.6 Å². The Morgan fingerprint density at radius 1 is 1.26 bits per heavy atom. The number of likely N-dealkylation sites (N-methyl/N-ethyl adjacent to an activating group) is 1. The Morgan fingerprint density at radius 3 is 2.63 bits per heavy atom. The lowest BCUT2D eigenvalue weighted by Crippen LogP contribution is -2.28. The molecular weight excluding hydrogens is 248 g/mol. The van der Waals surface area contributed by atoms with E-state index >= 15 is 0 Å². The number of hydrogen-bond acceptors (Lipinski definition) is 2. The topological polar surface area (TPSA) is 21.3 Å². The molecule has 1 rings (SSSR count). The van der Waals surface area contributed by atoms with Gasteiger partial charge in [-0.2, -0.15) is 0 Å². The van der Waals surface area contributed by atoms with Crippen molar-refractivity contribution in [2.45, 2.75) is 45.8 Å². The average molecular weight is 271 g/mol. The summed E-state index contributed by atoms with van der Waals surface area (Å²) in [4.78, 5) is 0. The molecule has 1 aromatic carbocycles. The second-order valence-electron chi connectivity index (χ2n) is 4.69. The summed E-state index contributed by atoms with van der Waals surface area (Å²) in [5.41, 5.74) is 0.325. The van der Waals surface area contributed by atoms with E-state index in [2.05, 4.69) is 12.2 Å². The van der Waals surface area contributed by atoms with Gasteiger partial charge < -0.3 is 10.1 Å². The van der Waals surface area contributed by atoms with Crippen LogP contribution in [0.2, 0.25) is 0 Å². The van der Waals surface area contributed by atoms with Crippen molar-refractivity contribution >= 4 is 0 Å². The van der Waals surface area contributed by atoms with E-state index in [1.165, 1.54) is 6.07 Å². The predicted octanol–water partition coefficient (Wildman–Crippen LogP) is 3.82. The maximum absolute atomic E-state index is 13.8. The molecule has 108 valence electrons. The zero-order valence-electron chi connectivity index (χ0n) is 11.9. The Bertz CT molecular complexity index is 384. The van der Waals surface area contributed by atoms with Crippen molar-refractivity contribution in [1.29, 1.82) is 0 Å². The second-order valence-corrected chi connectivity index (χ2v) is 4.69. The lowest BCUT2D eigenvalue weighted by molar-refractivity contribution is 0.0435. The van der Waals surface area contributed by atoms with Gasteiger partial charge in [-0.25, -0.2) is 8.78 Å². The number of hydrogen-bond donors (Lipinski definition) is 1. The number of rotatable bonds is 8. The monoisotopic (exact) mass is 271 g/mol. The fourth-order valence-corrected chi connectivity index (χ4v) is 2.05. The molecule has 0 aliphatic heterocycles. The first kappa shape index (κ1) is 16.1. The zero-order chi connectivity index (χ0) is 14.3. The van der Waals surface area contributed by atoms with E-state index in [0.29, 0.717) is 18.7 Å². The molecule has 0 bridgehead atoms. The first-order valence-corrected chi connectivity index (χ1v) is 6.89. The van der Waals surface area contributed by atoms with Crippen molar-refractivity contribution in [3.8, 4) is 0 Å². The molecule has 0 amide bonds. The maximum Gasteiger partial charge on any atom is 0.163 e. The maximum atomic E-state index is 13.8. The minimum absolute atomic E-state index is 0.128. The molecule has 2 atom stereocenters. The standard InChI is InChI=1S/C15H23F2NO/c1-4-7-11(3)19-10-14(18-5-2)12-8-6-9-13(16)15(12)17/h6,8-9,11,14,18H,4-5,7,10H2,1-3H3. The van der Waals surface area contributed by atoms with Crippen molar-refractivity contribution < 1.29 is 13.5 Å². The Kier molecular flexibility index (Phi) is 6.95. The van der Waals surface area contributed by atoms with Crippen molar-refractivity contribution in [3.63, 3.8) is 0 Å². The van der Waals surface area contributed by atoms with Crippen LogP contribution in [-0.2, 0) is 4.74 Å². The van der Waals surface area contributed by atoms with Crippen LogP contribution in [0.4, 0.5) is 8.78 Å². The third-order valence-electron chi connectivity index (χ3n) is 3.05. The summed E-state index contributed by atoms with van der Waals surface area (Å²) in [7, 11) is 0. The Morgan fingerprint density at radius 2 is 2.00 bits per heavy atom. The Labute approximate surface area is 114 Å². The fraction of sp³-hybridized carbons (Fsp3) is 0.600. The molecule has 1 N–H and O–H groups in total. The van der Waals surface area contributed by atoms with Crippen LogP contribution < -0.4 is 5.32 Å². The van der Waals surface area contributed by atoms with Crippen LogP contribution >= 0.6 is 0 Å². The van der Waals surface area contributed by atoms with Crippen molar-refractivity contribution in [2.75, 3.05) is 13.2 Å². The van der Waals surface area contributed by atoms with Crippen molar-refractivity contribution in [1.82, 2.24) is 5.32 Å². The summed E-state index contributed by atoms with van der Waals surface area (Å²) in [5.74, 6) is -1.61. The highest BCUT2D eigenvalue weighted by molar-refractivity contribution is 5.22. The number of benzene rings is 1. The lowest BCUT2D eigenvalue weighted by atomic mass is 10.1. The smallest absolute Gasteiger partial charge is 0.163 e. The van der Waals surface area contributed by atoms with Gasteiger partial charge in [-0.15, -0.1) is 0 Å². The molecule has 0 saturated heterocycles. The Balaban J connectivity index is 2.73. The SMILES string of the molecule is CCCC(C)OCC(NCC)c1cccc(F)c1F. The van der Waals surface area contributed by atoms with E-state index in [4.69, 9.17) is 4.74 Å². The van der Waals surface area contributed by atoms with Gasteiger partial charge in [0.05, 0.1) is 18.8 Å². The van der Waals surface area contributed by atoms with E-state index in [9.17, 15) is 8.78 Å².